The maximum atomic E-state index is 11.6. The average Bonchev–Trinajstić information content (AvgIpc) is 3.48. The summed E-state index contributed by atoms with van der Waals surface area (Å²) in [7, 11) is -1.98. The van der Waals surface area contributed by atoms with Gasteiger partial charge >= 0.3 is 0 Å². The van der Waals surface area contributed by atoms with Gasteiger partial charge in [0.05, 0.1) is 25.2 Å². The minimum absolute atomic E-state index is 0.0182. The lowest BCUT2D eigenvalue weighted by Gasteiger charge is -2.70. The zero-order chi connectivity index (χ0) is 30.4. The normalized spacial score (nSPS) is 32.2. The van der Waals surface area contributed by atoms with E-state index < -0.39 is 14.1 Å². The Balaban J connectivity index is 1.66. The van der Waals surface area contributed by atoms with Crippen molar-refractivity contribution < 1.29 is 19.0 Å². The first-order valence-corrected chi connectivity index (χ1v) is 21.1. The van der Waals surface area contributed by atoms with Crippen molar-refractivity contribution in [3.8, 4) is 11.8 Å². The van der Waals surface area contributed by atoms with Crippen LogP contribution in [-0.2, 0) is 13.9 Å². The van der Waals surface area contributed by atoms with Gasteiger partial charge in [0.15, 0.2) is 14.1 Å². The molecule has 1 aliphatic heterocycles. The monoisotopic (exact) mass is 602 g/mol. The molecule has 5 heteroatoms. The smallest absolute Gasteiger partial charge is 0.193 e. The molecule has 3 aliphatic carbocycles. The van der Waals surface area contributed by atoms with E-state index in [1.807, 2.05) is 0 Å². The molecule has 4 aliphatic rings. The molecule has 3 saturated carbocycles. The third-order valence-corrected chi connectivity index (χ3v) is 16.7. The highest BCUT2D eigenvalue weighted by Crippen LogP contribution is 2.72. The summed E-state index contributed by atoms with van der Waals surface area (Å²) in [5, 5.41) is 11.8. The third kappa shape index (κ3) is 7.04. The lowest BCUT2D eigenvalue weighted by Crippen LogP contribution is -2.75. The second-order valence-corrected chi connectivity index (χ2v) is 20.7. The molecule has 4 fully saturated rings. The molecule has 1 saturated heterocycles. The van der Waals surface area contributed by atoms with Crippen LogP contribution in [0.1, 0.15) is 144 Å². The second-order valence-electron chi connectivity index (χ2n) is 15.9. The van der Waals surface area contributed by atoms with Crippen molar-refractivity contribution in [3.05, 3.63) is 0 Å². The molecule has 4 nitrogen and oxygen atoms in total. The van der Waals surface area contributed by atoms with E-state index in [-0.39, 0.29) is 28.6 Å². The Kier molecular flexibility index (Phi) is 12.2. The summed E-state index contributed by atoms with van der Waals surface area (Å²) < 4.78 is 20.5. The molecule has 1 unspecified atom stereocenters. The predicted octanol–water partition coefficient (Wildman–Crippen LogP) is 9.65. The molecule has 242 valence electrons. The van der Waals surface area contributed by atoms with Crippen LogP contribution in [0.5, 0.6) is 0 Å². The minimum Gasteiger partial charge on any atom is -0.403 e. The van der Waals surface area contributed by atoms with Crippen molar-refractivity contribution in [1.82, 2.24) is 0 Å². The van der Waals surface area contributed by atoms with Crippen molar-refractivity contribution in [2.75, 3.05) is 13.2 Å². The van der Waals surface area contributed by atoms with Gasteiger partial charge in [0.1, 0.15) is 6.10 Å². The highest BCUT2D eigenvalue weighted by molar-refractivity contribution is 6.74. The first-order chi connectivity index (χ1) is 20.0. The van der Waals surface area contributed by atoms with Gasteiger partial charge in [0.2, 0.25) is 0 Å². The molecule has 0 aromatic heterocycles. The number of aliphatic hydroxyl groups excluding tert-OH is 1. The van der Waals surface area contributed by atoms with Gasteiger partial charge in [-0.3, -0.25) is 0 Å². The van der Waals surface area contributed by atoms with Crippen LogP contribution in [0.2, 0.25) is 18.1 Å². The largest absolute Gasteiger partial charge is 0.403 e. The maximum absolute atomic E-state index is 11.6. The molecular weight excluding hydrogens is 536 g/mol. The molecule has 42 heavy (non-hydrogen) atoms. The van der Waals surface area contributed by atoms with Gasteiger partial charge in [-0.25, -0.2) is 0 Å². The van der Waals surface area contributed by atoms with E-state index in [0.29, 0.717) is 31.0 Å². The number of rotatable bonds is 13. The van der Waals surface area contributed by atoms with E-state index in [2.05, 4.69) is 59.6 Å². The highest BCUT2D eigenvalue weighted by Gasteiger charge is 2.76. The first kappa shape index (κ1) is 34.5. The Hall–Kier alpha value is -0.383. The van der Waals surface area contributed by atoms with Gasteiger partial charge in [0.25, 0.3) is 0 Å². The molecule has 0 aromatic rings. The van der Waals surface area contributed by atoms with Crippen LogP contribution in [0.15, 0.2) is 0 Å². The maximum Gasteiger partial charge on any atom is 0.193 e. The fourth-order valence-corrected chi connectivity index (χ4v) is 10.1. The molecule has 0 amide bonds. The summed E-state index contributed by atoms with van der Waals surface area (Å²) in [6.45, 7) is 17.7. The van der Waals surface area contributed by atoms with Crippen LogP contribution < -0.4 is 0 Å². The van der Waals surface area contributed by atoms with Gasteiger partial charge in [-0.05, 0) is 68.5 Å². The van der Waals surface area contributed by atoms with Crippen LogP contribution >= 0.6 is 0 Å². The molecule has 0 aromatic carbocycles. The third-order valence-electron chi connectivity index (χ3n) is 12.2. The zero-order valence-electron chi connectivity index (χ0n) is 28.6. The highest BCUT2D eigenvalue weighted by atomic mass is 28.4. The number of ether oxygens (including phenoxy) is 2. The number of fused-ring (bicyclic) bond motifs is 2. The van der Waals surface area contributed by atoms with E-state index in [4.69, 9.17) is 13.9 Å². The fourth-order valence-electron chi connectivity index (χ4n) is 8.85. The molecule has 0 bridgehead atoms. The molecule has 4 rings (SSSR count). The van der Waals surface area contributed by atoms with E-state index in [9.17, 15) is 5.11 Å². The van der Waals surface area contributed by atoms with Crippen molar-refractivity contribution in [1.29, 1.82) is 0 Å². The Labute approximate surface area is 260 Å². The van der Waals surface area contributed by atoms with Gasteiger partial charge in [0, 0.05) is 11.3 Å². The molecule has 6 atom stereocenters. The summed E-state index contributed by atoms with van der Waals surface area (Å²) in [4.78, 5) is 0. The zero-order valence-corrected chi connectivity index (χ0v) is 29.6. The number of aliphatic hydroxyl groups is 1. The summed E-state index contributed by atoms with van der Waals surface area (Å²) in [5.41, 5.74) is -0.0220. The number of hydrogen-bond donors (Lipinski definition) is 1. The lowest BCUT2D eigenvalue weighted by molar-refractivity contribution is -0.394. The number of hydrogen-bond acceptors (Lipinski definition) is 4. The number of unbranched alkanes of at least 4 members (excludes halogenated alkanes) is 6. The molecule has 0 radical (unpaired) electrons. The second kappa shape index (κ2) is 14.8. The quantitative estimate of drug-likeness (QED) is 0.130. The first-order valence-electron chi connectivity index (χ1n) is 18.2. The lowest BCUT2D eigenvalue weighted by atomic mass is 9.39. The van der Waals surface area contributed by atoms with Crippen molar-refractivity contribution in [2.24, 2.45) is 29.1 Å². The Morgan fingerprint density at radius 1 is 0.905 bits per heavy atom. The molecule has 1 spiro atoms. The van der Waals surface area contributed by atoms with E-state index in [1.54, 1.807) is 0 Å². The topological polar surface area (TPSA) is 47.9 Å². The molecule has 1 N–H and O–H groups in total. The fraction of sp³-hybridized carbons (Fsp3) is 0.946. The average molecular weight is 603 g/mol. The molecular formula is C37H66O4Si. The van der Waals surface area contributed by atoms with Crippen LogP contribution in [0.3, 0.4) is 0 Å². The van der Waals surface area contributed by atoms with Crippen LogP contribution in [0.25, 0.3) is 0 Å². The Bertz CT molecular complexity index is 888. The van der Waals surface area contributed by atoms with Gasteiger partial charge in [-0.15, -0.1) is 0 Å². The van der Waals surface area contributed by atoms with Gasteiger partial charge in [-0.1, -0.05) is 117 Å². The summed E-state index contributed by atoms with van der Waals surface area (Å²) >= 11 is 0. The summed E-state index contributed by atoms with van der Waals surface area (Å²) in [6, 6.07) is 0. The minimum atomic E-state index is -1.98. The molecule has 1 heterocycles. The van der Waals surface area contributed by atoms with Crippen molar-refractivity contribution in [2.45, 2.75) is 180 Å². The van der Waals surface area contributed by atoms with Gasteiger partial charge < -0.3 is 19.0 Å². The van der Waals surface area contributed by atoms with Crippen LogP contribution in [0, 0.1) is 40.9 Å². The van der Waals surface area contributed by atoms with Crippen molar-refractivity contribution >= 4 is 8.32 Å². The van der Waals surface area contributed by atoms with Crippen LogP contribution in [0.4, 0.5) is 0 Å². The van der Waals surface area contributed by atoms with E-state index in [1.165, 1.54) is 83.5 Å². The standard InChI is InChI=1S/C37H66O4Si/c1-8-10-12-17-21-31-34-30(22-23-33(29-19-15-14-16-20-29)41-42(6,7)35(3,4)5)32(38)24-26-36(34,25-18-13-11-9-2)37(31)39-27-28-40-37/h29-34,38H,8-21,24-28H2,1-7H3/t30-,31?,32+,33-,34-,36-/m1/s1. The summed E-state index contributed by atoms with van der Waals surface area (Å²) in [6.07, 6.45) is 20.1. The van der Waals surface area contributed by atoms with Gasteiger partial charge in [-0.2, -0.15) is 0 Å². The van der Waals surface area contributed by atoms with E-state index in [0.717, 1.165) is 25.7 Å². The van der Waals surface area contributed by atoms with E-state index >= 15 is 0 Å². The summed E-state index contributed by atoms with van der Waals surface area (Å²) in [5.74, 6) is 8.32. The Morgan fingerprint density at radius 2 is 1.55 bits per heavy atom. The predicted molar refractivity (Wildman–Crippen MR) is 177 cm³/mol. The van der Waals surface area contributed by atoms with Crippen LogP contribution in [-0.4, -0.2) is 44.6 Å². The van der Waals surface area contributed by atoms with Crippen molar-refractivity contribution in [3.63, 3.8) is 0 Å². The Morgan fingerprint density at radius 3 is 2.17 bits per heavy atom. The SMILES string of the molecule is CCCCCCC1[C@H]2[C@H](C#C[C@@H](O[Si](C)(C)C(C)(C)C)C3CCCCC3)[C@@H](O)CC[C@@]2(CCCCCC)C12OCCO2.